The number of nitrogens with zero attached hydrogens (tertiary/aromatic N) is 1. The fraction of sp³-hybridized carbons (Fsp3) is 0.625. The minimum absolute atomic E-state index is 0.391. The van der Waals surface area contributed by atoms with Crippen molar-refractivity contribution in [3.63, 3.8) is 0 Å². The zero-order valence-corrected chi connectivity index (χ0v) is 12.3. The third-order valence-corrected chi connectivity index (χ3v) is 4.38. The second-order valence-electron chi connectivity index (χ2n) is 6.14. The van der Waals surface area contributed by atoms with E-state index in [0.717, 1.165) is 12.0 Å². The molecular formula is C16H24F2N2. The van der Waals surface area contributed by atoms with Crippen LogP contribution in [0.3, 0.4) is 0 Å². The van der Waals surface area contributed by atoms with Crippen LogP contribution < -0.4 is 5.73 Å². The molecule has 2 rings (SSSR count). The van der Waals surface area contributed by atoms with E-state index in [-0.39, 0.29) is 0 Å². The molecule has 3 atom stereocenters. The first-order valence-electron chi connectivity index (χ1n) is 7.38. The van der Waals surface area contributed by atoms with Gasteiger partial charge >= 0.3 is 0 Å². The van der Waals surface area contributed by atoms with Crippen LogP contribution in [0.25, 0.3) is 0 Å². The van der Waals surface area contributed by atoms with Crippen LogP contribution in [-0.2, 0) is 0 Å². The predicted octanol–water partition coefficient (Wildman–Crippen LogP) is 3.48. The molecule has 0 aromatic heterocycles. The van der Waals surface area contributed by atoms with Crippen molar-refractivity contribution in [2.45, 2.75) is 44.7 Å². The van der Waals surface area contributed by atoms with Gasteiger partial charge < -0.3 is 10.6 Å². The van der Waals surface area contributed by atoms with E-state index in [0.29, 0.717) is 18.2 Å². The summed E-state index contributed by atoms with van der Waals surface area (Å²) in [6.45, 7) is 2.87. The Hall–Kier alpha value is -1.00. The fourth-order valence-electron chi connectivity index (χ4n) is 3.16. The number of hydrogen-bond donors (Lipinski definition) is 1. The van der Waals surface area contributed by atoms with Crippen LogP contribution in [0.4, 0.5) is 8.78 Å². The Kier molecular flexibility index (Phi) is 5.11. The van der Waals surface area contributed by atoms with E-state index in [1.54, 1.807) is 0 Å². The molecule has 0 bridgehead atoms. The van der Waals surface area contributed by atoms with E-state index in [2.05, 4.69) is 11.8 Å². The zero-order valence-electron chi connectivity index (χ0n) is 12.3. The van der Waals surface area contributed by atoms with Crippen LogP contribution in [0.5, 0.6) is 0 Å². The molecule has 0 amide bonds. The molecule has 0 heterocycles. The first kappa shape index (κ1) is 15.4. The van der Waals surface area contributed by atoms with E-state index >= 15 is 0 Å². The first-order chi connectivity index (χ1) is 9.47. The molecule has 1 aliphatic rings. The van der Waals surface area contributed by atoms with Gasteiger partial charge in [0.2, 0.25) is 0 Å². The average Bonchev–Trinajstić information content (AvgIpc) is 2.38. The van der Waals surface area contributed by atoms with Crippen molar-refractivity contribution in [3.8, 4) is 0 Å². The molecule has 0 radical (unpaired) electrons. The highest BCUT2D eigenvalue weighted by Crippen LogP contribution is 2.27. The smallest absolute Gasteiger partial charge is 0.130 e. The van der Waals surface area contributed by atoms with E-state index in [4.69, 9.17) is 5.73 Å². The molecule has 1 saturated carbocycles. The Morgan fingerprint density at radius 1 is 1.35 bits per heavy atom. The summed E-state index contributed by atoms with van der Waals surface area (Å²) in [5, 5.41) is 0. The quantitative estimate of drug-likeness (QED) is 0.916. The largest absolute Gasteiger partial charge is 0.323 e. The lowest BCUT2D eigenvalue weighted by Gasteiger charge is -2.35. The molecule has 0 saturated heterocycles. The number of likely N-dealkylation sites (N-methyl/N-ethyl adjacent to an activating group) is 1. The highest BCUT2D eigenvalue weighted by atomic mass is 19.1. The molecule has 112 valence electrons. The second-order valence-corrected chi connectivity index (χ2v) is 6.14. The normalized spacial score (nSPS) is 24.9. The number of nitrogens with two attached hydrogens (primary N) is 1. The Morgan fingerprint density at radius 3 is 2.75 bits per heavy atom. The highest BCUT2D eigenvalue weighted by molar-refractivity contribution is 5.22. The van der Waals surface area contributed by atoms with E-state index in [1.165, 1.54) is 37.8 Å². The van der Waals surface area contributed by atoms with Gasteiger partial charge in [0.05, 0.1) is 0 Å². The minimum Gasteiger partial charge on any atom is -0.323 e. The van der Waals surface area contributed by atoms with Crippen LogP contribution in [0.2, 0.25) is 0 Å². The van der Waals surface area contributed by atoms with Crippen molar-refractivity contribution in [3.05, 3.63) is 35.4 Å². The van der Waals surface area contributed by atoms with Gasteiger partial charge in [-0.3, -0.25) is 0 Å². The molecule has 0 spiro atoms. The summed E-state index contributed by atoms with van der Waals surface area (Å²) in [6.07, 6.45) is 4.90. The molecular weight excluding hydrogens is 258 g/mol. The third kappa shape index (κ3) is 3.76. The summed E-state index contributed by atoms with van der Waals surface area (Å²) in [7, 11) is 2.05. The lowest BCUT2D eigenvalue weighted by molar-refractivity contribution is 0.156. The van der Waals surface area contributed by atoms with Crippen LogP contribution >= 0.6 is 0 Å². The molecule has 1 fully saturated rings. The molecule has 1 aromatic carbocycles. The topological polar surface area (TPSA) is 29.3 Å². The number of rotatable bonds is 4. The Labute approximate surface area is 120 Å². The molecule has 20 heavy (non-hydrogen) atoms. The van der Waals surface area contributed by atoms with Crippen molar-refractivity contribution in [1.82, 2.24) is 4.90 Å². The van der Waals surface area contributed by atoms with Crippen molar-refractivity contribution >= 4 is 0 Å². The van der Waals surface area contributed by atoms with Gasteiger partial charge in [0.1, 0.15) is 11.6 Å². The highest BCUT2D eigenvalue weighted by Gasteiger charge is 2.24. The van der Waals surface area contributed by atoms with Crippen LogP contribution in [0.1, 0.15) is 44.2 Å². The lowest BCUT2D eigenvalue weighted by atomic mass is 9.86. The third-order valence-electron chi connectivity index (χ3n) is 4.38. The van der Waals surface area contributed by atoms with E-state index in [1.807, 2.05) is 7.05 Å². The molecule has 1 aromatic rings. The van der Waals surface area contributed by atoms with Gasteiger partial charge in [0.25, 0.3) is 0 Å². The summed E-state index contributed by atoms with van der Waals surface area (Å²) in [6, 6.07) is 3.72. The average molecular weight is 282 g/mol. The van der Waals surface area contributed by atoms with Crippen molar-refractivity contribution in [1.29, 1.82) is 0 Å². The molecule has 0 aliphatic heterocycles. The second kappa shape index (κ2) is 6.64. The van der Waals surface area contributed by atoms with Gasteiger partial charge in [-0.2, -0.15) is 0 Å². The van der Waals surface area contributed by atoms with Gasteiger partial charge in [0, 0.05) is 30.3 Å². The van der Waals surface area contributed by atoms with Crippen molar-refractivity contribution < 1.29 is 8.78 Å². The maximum atomic E-state index is 13.7. The summed E-state index contributed by atoms with van der Waals surface area (Å²) in [4.78, 5) is 2.23. The number of benzene rings is 1. The van der Waals surface area contributed by atoms with Gasteiger partial charge in [-0.05, 0) is 31.9 Å². The lowest BCUT2D eigenvalue weighted by Crippen LogP contribution is -2.39. The maximum absolute atomic E-state index is 13.7. The summed E-state index contributed by atoms with van der Waals surface area (Å²) >= 11 is 0. The summed E-state index contributed by atoms with van der Waals surface area (Å²) in [5.41, 5.74) is 6.47. The van der Waals surface area contributed by atoms with Crippen LogP contribution in [0.15, 0.2) is 18.2 Å². The van der Waals surface area contributed by atoms with E-state index < -0.39 is 17.7 Å². The molecule has 1 aliphatic carbocycles. The van der Waals surface area contributed by atoms with Gasteiger partial charge in [0.15, 0.2) is 0 Å². The van der Waals surface area contributed by atoms with Gasteiger partial charge in [-0.25, -0.2) is 8.78 Å². The maximum Gasteiger partial charge on any atom is 0.130 e. The Morgan fingerprint density at radius 2 is 2.10 bits per heavy atom. The molecule has 4 heteroatoms. The Balaban J connectivity index is 1.97. The van der Waals surface area contributed by atoms with Gasteiger partial charge in [-0.15, -0.1) is 0 Å². The fourth-order valence-corrected chi connectivity index (χ4v) is 3.16. The number of hydrogen-bond acceptors (Lipinski definition) is 2. The van der Waals surface area contributed by atoms with Crippen LogP contribution in [-0.4, -0.2) is 24.5 Å². The minimum atomic E-state index is -0.562. The van der Waals surface area contributed by atoms with Crippen molar-refractivity contribution in [2.75, 3.05) is 13.6 Å². The SMILES string of the molecule is CC1CCCC(N(C)CC(N)c2ccc(F)cc2F)C1. The first-order valence-corrected chi connectivity index (χ1v) is 7.38. The van der Waals surface area contributed by atoms with Gasteiger partial charge in [-0.1, -0.05) is 25.8 Å². The molecule has 2 N–H and O–H groups in total. The monoisotopic (exact) mass is 282 g/mol. The molecule has 2 nitrogen and oxygen atoms in total. The molecule has 3 unspecified atom stereocenters. The van der Waals surface area contributed by atoms with E-state index in [9.17, 15) is 8.78 Å². The standard InChI is InChI=1S/C16H24F2N2/c1-11-4-3-5-13(8-11)20(2)10-16(19)14-7-6-12(17)9-15(14)18/h6-7,9,11,13,16H,3-5,8,10,19H2,1-2H3. The van der Waals surface area contributed by atoms with Crippen molar-refractivity contribution in [2.24, 2.45) is 11.7 Å². The number of halogens is 2. The zero-order chi connectivity index (χ0) is 14.7. The van der Waals surface area contributed by atoms with Crippen LogP contribution in [0, 0.1) is 17.6 Å². The summed E-state index contributed by atoms with van der Waals surface area (Å²) in [5.74, 6) is -0.370. The summed E-state index contributed by atoms with van der Waals surface area (Å²) < 4.78 is 26.6. The predicted molar refractivity (Wildman–Crippen MR) is 77.3 cm³/mol. The Bertz CT molecular complexity index is 450.